The third-order valence-electron chi connectivity index (χ3n) is 5.97. The SMILES string of the molecule is Cc1ccc(C(c2ccccc2C)N2CCN(S(=O)(=O)c3ccc(F)cc3)CC2)cc1. The average Bonchev–Trinajstić information content (AvgIpc) is 2.77. The summed E-state index contributed by atoms with van der Waals surface area (Å²) in [4.78, 5) is 2.49. The summed E-state index contributed by atoms with van der Waals surface area (Å²) in [6, 6.07) is 22.0. The van der Waals surface area contributed by atoms with Crippen molar-refractivity contribution in [2.45, 2.75) is 24.8 Å². The van der Waals surface area contributed by atoms with Gasteiger partial charge in [0.1, 0.15) is 5.82 Å². The molecule has 162 valence electrons. The van der Waals surface area contributed by atoms with Crippen molar-refractivity contribution in [2.75, 3.05) is 26.2 Å². The number of hydrogen-bond acceptors (Lipinski definition) is 3. The van der Waals surface area contributed by atoms with Gasteiger partial charge in [-0.3, -0.25) is 4.90 Å². The van der Waals surface area contributed by atoms with E-state index in [2.05, 4.69) is 61.2 Å². The van der Waals surface area contributed by atoms with Gasteiger partial charge in [0.05, 0.1) is 10.9 Å². The Bertz CT molecular complexity index is 1140. The first kappa shape index (κ1) is 21.7. The highest BCUT2D eigenvalue weighted by atomic mass is 32.2. The predicted octanol–water partition coefficient (Wildman–Crippen LogP) is 4.54. The first-order valence-corrected chi connectivity index (χ1v) is 11.9. The molecule has 1 atom stereocenters. The third kappa shape index (κ3) is 4.56. The Hall–Kier alpha value is -2.54. The Labute approximate surface area is 184 Å². The molecule has 1 aliphatic rings. The summed E-state index contributed by atoms with van der Waals surface area (Å²) >= 11 is 0. The summed E-state index contributed by atoms with van der Waals surface area (Å²) < 4.78 is 40.7. The number of hydrogen-bond donors (Lipinski definition) is 0. The lowest BCUT2D eigenvalue weighted by Gasteiger charge is -2.39. The maximum atomic E-state index is 13.2. The molecule has 6 heteroatoms. The van der Waals surface area contributed by atoms with E-state index in [1.165, 1.54) is 50.8 Å². The highest BCUT2D eigenvalue weighted by Crippen LogP contribution is 2.32. The molecule has 0 bridgehead atoms. The molecule has 0 saturated carbocycles. The van der Waals surface area contributed by atoms with Gasteiger partial charge in [0.2, 0.25) is 10.0 Å². The standard InChI is InChI=1S/C25H27FN2O2S/c1-19-7-9-21(10-8-19)25(24-6-4-3-5-20(24)2)27-15-17-28(18-16-27)31(29,30)23-13-11-22(26)12-14-23/h3-14,25H,15-18H2,1-2H3. The average molecular weight is 439 g/mol. The molecule has 0 amide bonds. The molecule has 1 heterocycles. The molecule has 0 aliphatic carbocycles. The molecule has 0 radical (unpaired) electrons. The number of aryl methyl sites for hydroxylation is 2. The van der Waals surface area contributed by atoms with E-state index in [9.17, 15) is 12.8 Å². The van der Waals surface area contributed by atoms with Gasteiger partial charge < -0.3 is 0 Å². The normalized spacial score (nSPS) is 16.9. The van der Waals surface area contributed by atoms with Gasteiger partial charge in [0.15, 0.2) is 0 Å². The Morgan fingerprint density at radius 2 is 1.42 bits per heavy atom. The van der Waals surface area contributed by atoms with Crippen LogP contribution in [0.25, 0.3) is 0 Å². The quantitative estimate of drug-likeness (QED) is 0.587. The molecule has 0 aromatic heterocycles. The maximum absolute atomic E-state index is 13.2. The Morgan fingerprint density at radius 1 is 0.806 bits per heavy atom. The number of benzene rings is 3. The van der Waals surface area contributed by atoms with Gasteiger partial charge in [0, 0.05) is 26.2 Å². The zero-order valence-corrected chi connectivity index (χ0v) is 18.6. The molecule has 3 aromatic rings. The first-order chi connectivity index (χ1) is 14.9. The molecule has 31 heavy (non-hydrogen) atoms. The highest BCUT2D eigenvalue weighted by molar-refractivity contribution is 7.89. The van der Waals surface area contributed by atoms with E-state index in [1.54, 1.807) is 0 Å². The summed E-state index contributed by atoms with van der Waals surface area (Å²) in [6.07, 6.45) is 0. The Balaban J connectivity index is 1.59. The zero-order chi connectivity index (χ0) is 22.0. The van der Waals surface area contributed by atoms with Crippen molar-refractivity contribution in [3.63, 3.8) is 0 Å². The first-order valence-electron chi connectivity index (χ1n) is 10.5. The van der Waals surface area contributed by atoms with Crippen LogP contribution in [0, 0.1) is 19.7 Å². The molecule has 4 rings (SSSR count). The van der Waals surface area contributed by atoms with Crippen molar-refractivity contribution in [1.82, 2.24) is 9.21 Å². The van der Waals surface area contributed by atoms with Gasteiger partial charge in [-0.2, -0.15) is 4.31 Å². The molecule has 1 fully saturated rings. The fourth-order valence-electron chi connectivity index (χ4n) is 4.19. The van der Waals surface area contributed by atoms with Gasteiger partial charge in [-0.1, -0.05) is 54.1 Å². The van der Waals surface area contributed by atoms with Crippen LogP contribution >= 0.6 is 0 Å². The van der Waals surface area contributed by atoms with Gasteiger partial charge in [-0.15, -0.1) is 0 Å². The smallest absolute Gasteiger partial charge is 0.243 e. The second-order valence-electron chi connectivity index (χ2n) is 8.06. The minimum absolute atomic E-state index is 0.0671. The summed E-state index contributed by atoms with van der Waals surface area (Å²) in [5.41, 5.74) is 4.87. The molecule has 0 spiro atoms. The number of piperazine rings is 1. The molecule has 3 aromatic carbocycles. The van der Waals surface area contributed by atoms with E-state index < -0.39 is 15.8 Å². The van der Waals surface area contributed by atoms with E-state index in [0.717, 1.165) is 0 Å². The maximum Gasteiger partial charge on any atom is 0.243 e. The van der Waals surface area contributed by atoms with Crippen LogP contribution in [0.1, 0.15) is 28.3 Å². The number of rotatable bonds is 5. The van der Waals surface area contributed by atoms with E-state index in [4.69, 9.17) is 0 Å². The van der Waals surface area contributed by atoms with E-state index in [-0.39, 0.29) is 10.9 Å². The van der Waals surface area contributed by atoms with Crippen LogP contribution in [0.15, 0.2) is 77.7 Å². The van der Waals surface area contributed by atoms with E-state index >= 15 is 0 Å². The van der Waals surface area contributed by atoms with Crippen LogP contribution in [0.4, 0.5) is 4.39 Å². The predicted molar refractivity (Wildman–Crippen MR) is 121 cm³/mol. The van der Waals surface area contributed by atoms with Crippen molar-refractivity contribution in [2.24, 2.45) is 0 Å². The second-order valence-corrected chi connectivity index (χ2v) is 10.0. The lowest BCUT2D eigenvalue weighted by Crippen LogP contribution is -2.49. The van der Waals surface area contributed by atoms with Crippen molar-refractivity contribution in [1.29, 1.82) is 0 Å². The minimum atomic E-state index is -3.63. The molecule has 1 aliphatic heterocycles. The second kappa shape index (κ2) is 8.91. The fraction of sp³-hybridized carbons (Fsp3) is 0.280. The number of sulfonamides is 1. The minimum Gasteiger partial charge on any atom is -0.290 e. The van der Waals surface area contributed by atoms with Gasteiger partial charge in [0.25, 0.3) is 0 Å². The largest absolute Gasteiger partial charge is 0.290 e. The van der Waals surface area contributed by atoms with Crippen LogP contribution in [0.2, 0.25) is 0 Å². The summed E-state index contributed by atoms with van der Waals surface area (Å²) in [6.45, 7) is 6.22. The third-order valence-corrected chi connectivity index (χ3v) is 7.88. The molecule has 4 nitrogen and oxygen atoms in total. The van der Waals surface area contributed by atoms with Crippen LogP contribution in [0.5, 0.6) is 0 Å². The van der Waals surface area contributed by atoms with E-state index in [0.29, 0.717) is 26.2 Å². The van der Waals surface area contributed by atoms with Gasteiger partial charge in [-0.05, 0) is 54.8 Å². The van der Waals surface area contributed by atoms with E-state index in [1.807, 2.05) is 6.07 Å². The molecular weight excluding hydrogens is 411 g/mol. The summed E-state index contributed by atoms with van der Waals surface area (Å²) in [5.74, 6) is -0.442. The summed E-state index contributed by atoms with van der Waals surface area (Å²) in [5, 5.41) is 0. The molecule has 1 saturated heterocycles. The van der Waals surface area contributed by atoms with Crippen LogP contribution in [-0.4, -0.2) is 43.8 Å². The summed E-state index contributed by atoms with van der Waals surface area (Å²) in [7, 11) is -3.63. The Morgan fingerprint density at radius 3 is 2.03 bits per heavy atom. The molecular formula is C25H27FN2O2S. The van der Waals surface area contributed by atoms with Crippen LogP contribution < -0.4 is 0 Å². The van der Waals surface area contributed by atoms with Crippen molar-refractivity contribution in [3.8, 4) is 0 Å². The van der Waals surface area contributed by atoms with Gasteiger partial charge in [-0.25, -0.2) is 12.8 Å². The topological polar surface area (TPSA) is 40.6 Å². The lowest BCUT2D eigenvalue weighted by atomic mass is 9.92. The molecule has 1 unspecified atom stereocenters. The fourth-order valence-corrected chi connectivity index (χ4v) is 5.61. The molecule has 0 N–H and O–H groups in total. The highest BCUT2D eigenvalue weighted by Gasteiger charge is 2.32. The lowest BCUT2D eigenvalue weighted by molar-refractivity contribution is 0.155. The van der Waals surface area contributed by atoms with Crippen LogP contribution in [-0.2, 0) is 10.0 Å². The van der Waals surface area contributed by atoms with Gasteiger partial charge >= 0.3 is 0 Å². The number of nitrogens with zero attached hydrogens (tertiary/aromatic N) is 2. The number of halogens is 1. The van der Waals surface area contributed by atoms with Crippen molar-refractivity contribution >= 4 is 10.0 Å². The van der Waals surface area contributed by atoms with Crippen molar-refractivity contribution in [3.05, 3.63) is 101 Å². The van der Waals surface area contributed by atoms with Crippen LogP contribution in [0.3, 0.4) is 0 Å². The van der Waals surface area contributed by atoms with Crippen molar-refractivity contribution < 1.29 is 12.8 Å². The Kier molecular flexibility index (Phi) is 6.23. The monoisotopic (exact) mass is 438 g/mol. The zero-order valence-electron chi connectivity index (χ0n) is 17.8.